The lowest BCUT2D eigenvalue weighted by molar-refractivity contribution is -0.119. The van der Waals surface area contributed by atoms with E-state index in [1.54, 1.807) is 0 Å². The van der Waals surface area contributed by atoms with Crippen molar-refractivity contribution in [3.05, 3.63) is 35.4 Å². The Kier molecular flexibility index (Phi) is 4.30. The summed E-state index contributed by atoms with van der Waals surface area (Å²) < 4.78 is 26.2. The Morgan fingerprint density at radius 2 is 1.89 bits per heavy atom. The Bertz CT molecular complexity index is 467. The molecule has 1 fully saturated rings. The fourth-order valence-corrected chi connectivity index (χ4v) is 2.77. The smallest absolute Gasteiger partial charge is 0.139 e. The zero-order valence-electron chi connectivity index (χ0n) is 10.9. The van der Waals surface area contributed by atoms with Gasteiger partial charge in [-0.15, -0.1) is 0 Å². The van der Waals surface area contributed by atoms with Crippen LogP contribution >= 0.6 is 0 Å². The first-order chi connectivity index (χ1) is 8.98. The van der Waals surface area contributed by atoms with Gasteiger partial charge in [-0.2, -0.15) is 0 Å². The Labute approximate surface area is 112 Å². The van der Waals surface area contributed by atoms with Crippen LogP contribution in [0.25, 0.3) is 0 Å². The van der Waals surface area contributed by atoms with E-state index in [9.17, 15) is 13.6 Å². The molecule has 2 rings (SSSR count). The zero-order chi connectivity index (χ0) is 13.9. The number of hydrogen-bond donors (Lipinski definition) is 1. The number of halogens is 2. The van der Waals surface area contributed by atoms with Crippen LogP contribution in [0.1, 0.15) is 44.1 Å². The van der Waals surface area contributed by atoms with Gasteiger partial charge in [0.1, 0.15) is 17.4 Å². The summed E-state index contributed by atoms with van der Waals surface area (Å²) in [5.41, 5.74) is 6.02. The van der Waals surface area contributed by atoms with Gasteiger partial charge in [0.05, 0.1) is 0 Å². The molecule has 1 aliphatic rings. The standard InChI is InChI=1S/C15H19F2NO/c16-12-5-4-11(14(17)9-12)8-13(19)10-15(18)6-2-1-3-7-15/h4-5,9H,1-3,6-8,10,18H2. The summed E-state index contributed by atoms with van der Waals surface area (Å²) in [7, 11) is 0. The summed E-state index contributed by atoms with van der Waals surface area (Å²) in [5, 5.41) is 0. The molecule has 0 heterocycles. The summed E-state index contributed by atoms with van der Waals surface area (Å²) in [5.74, 6) is -1.37. The number of ketones is 1. The van der Waals surface area contributed by atoms with Gasteiger partial charge in [-0.25, -0.2) is 8.78 Å². The molecule has 4 heteroatoms. The first kappa shape index (κ1) is 14.1. The van der Waals surface area contributed by atoms with E-state index in [1.165, 1.54) is 18.6 Å². The molecule has 2 N–H and O–H groups in total. The molecule has 1 aromatic carbocycles. The number of rotatable bonds is 4. The fraction of sp³-hybridized carbons (Fsp3) is 0.533. The van der Waals surface area contributed by atoms with E-state index >= 15 is 0 Å². The van der Waals surface area contributed by atoms with Crippen LogP contribution in [0.4, 0.5) is 8.78 Å². The van der Waals surface area contributed by atoms with Crippen LogP contribution in [0.15, 0.2) is 18.2 Å². The number of carbonyl (C=O) groups is 1. The molecule has 0 spiro atoms. The zero-order valence-corrected chi connectivity index (χ0v) is 10.9. The van der Waals surface area contributed by atoms with Crippen LogP contribution in [0.2, 0.25) is 0 Å². The minimum Gasteiger partial charge on any atom is -0.325 e. The van der Waals surface area contributed by atoms with E-state index in [4.69, 9.17) is 5.73 Å². The van der Waals surface area contributed by atoms with E-state index in [-0.39, 0.29) is 24.2 Å². The highest BCUT2D eigenvalue weighted by molar-refractivity contribution is 5.82. The van der Waals surface area contributed by atoms with Gasteiger partial charge in [0.2, 0.25) is 0 Å². The largest absolute Gasteiger partial charge is 0.325 e. The third-order valence-electron chi connectivity index (χ3n) is 3.80. The number of carbonyl (C=O) groups excluding carboxylic acids is 1. The first-order valence-corrected chi connectivity index (χ1v) is 6.73. The molecule has 0 aromatic heterocycles. The number of nitrogens with two attached hydrogens (primary N) is 1. The quantitative estimate of drug-likeness (QED) is 0.910. The average Bonchev–Trinajstić information content (AvgIpc) is 2.33. The van der Waals surface area contributed by atoms with E-state index in [1.807, 2.05) is 0 Å². The van der Waals surface area contributed by atoms with Crippen molar-refractivity contribution in [2.45, 2.75) is 50.5 Å². The van der Waals surface area contributed by atoms with Crippen molar-refractivity contribution in [2.24, 2.45) is 5.73 Å². The topological polar surface area (TPSA) is 43.1 Å². The molecular weight excluding hydrogens is 248 g/mol. The molecule has 19 heavy (non-hydrogen) atoms. The SMILES string of the molecule is NC1(CC(=O)Cc2ccc(F)cc2F)CCCCC1. The Morgan fingerprint density at radius 1 is 1.21 bits per heavy atom. The predicted octanol–water partition coefficient (Wildman–Crippen LogP) is 3.13. The van der Waals surface area contributed by atoms with Crippen molar-refractivity contribution < 1.29 is 13.6 Å². The van der Waals surface area contributed by atoms with Crippen molar-refractivity contribution >= 4 is 5.78 Å². The highest BCUT2D eigenvalue weighted by Crippen LogP contribution is 2.29. The van der Waals surface area contributed by atoms with Crippen LogP contribution in [-0.4, -0.2) is 11.3 Å². The first-order valence-electron chi connectivity index (χ1n) is 6.73. The second-order valence-electron chi connectivity index (χ2n) is 5.55. The maximum Gasteiger partial charge on any atom is 0.139 e. The monoisotopic (exact) mass is 267 g/mol. The highest BCUT2D eigenvalue weighted by atomic mass is 19.1. The van der Waals surface area contributed by atoms with Gasteiger partial charge < -0.3 is 5.73 Å². The van der Waals surface area contributed by atoms with Gasteiger partial charge in [-0.05, 0) is 24.5 Å². The van der Waals surface area contributed by atoms with Crippen LogP contribution in [0.3, 0.4) is 0 Å². The van der Waals surface area contributed by atoms with Crippen LogP contribution in [0.5, 0.6) is 0 Å². The van der Waals surface area contributed by atoms with Gasteiger partial charge in [0.15, 0.2) is 0 Å². The van der Waals surface area contributed by atoms with Crippen LogP contribution in [0, 0.1) is 11.6 Å². The third kappa shape index (κ3) is 3.83. The lowest BCUT2D eigenvalue weighted by Gasteiger charge is -2.32. The fourth-order valence-electron chi connectivity index (χ4n) is 2.77. The maximum absolute atomic E-state index is 13.5. The molecule has 1 saturated carbocycles. The lowest BCUT2D eigenvalue weighted by atomic mass is 9.78. The summed E-state index contributed by atoms with van der Waals surface area (Å²) in [4.78, 5) is 12.0. The molecule has 0 bridgehead atoms. The van der Waals surface area contributed by atoms with Crippen molar-refractivity contribution in [1.29, 1.82) is 0 Å². The third-order valence-corrected chi connectivity index (χ3v) is 3.80. The molecular formula is C15H19F2NO. The van der Waals surface area contributed by atoms with E-state index in [0.717, 1.165) is 31.7 Å². The van der Waals surface area contributed by atoms with Gasteiger partial charge in [-0.1, -0.05) is 25.3 Å². The number of hydrogen-bond acceptors (Lipinski definition) is 2. The second kappa shape index (κ2) is 5.78. The average molecular weight is 267 g/mol. The Morgan fingerprint density at radius 3 is 2.53 bits per heavy atom. The summed E-state index contributed by atoms with van der Waals surface area (Å²) >= 11 is 0. The predicted molar refractivity (Wildman–Crippen MR) is 69.7 cm³/mol. The van der Waals surface area contributed by atoms with Gasteiger partial charge >= 0.3 is 0 Å². The van der Waals surface area contributed by atoms with E-state index in [0.29, 0.717) is 0 Å². The normalized spacial score (nSPS) is 18.3. The molecule has 1 aromatic rings. The van der Waals surface area contributed by atoms with Gasteiger partial charge in [0.25, 0.3) is 0 Å². The molecule has 0 aliphatic heterocycles. The highest BCUT2D eigenvalue weighted by Gasteiger charge is 2.29. The number of Topliss-reactive ketones (excluding diaryl/α,β-unsaturated/α-hetero) is 1. The van der Waals surface area contributed by atoms with Crippen molar-refractivity contribution in [2.75, 3.05) is 0 Å². The van der Waals surface area contributed by atoms with Gasteiger partial charge in [0, 0.05) is 24.4 Å². The Hall–Kier alpha value is -1.29. The molecule has 0 saturated heterocycles. The summed E-state index contributed by atoms with van der Waals surface area (Å²) in [6.45, 7) is 0. The molecule has 0 radical (unpaired) electrons. The summed E-state index contributed by atoms with van der Waals surface area (Å²) in [6.07, 6.45) is 5.24. The Balaban J connectivity index is 1.97. The minimum absolute atomic E-state index is 0.00887. The van der Waals surface area contributed by atoms with Crippen molar-refractivity contribution in [3.8, 4) is 0 Å². The van der Waals surface area contributed by atoms with Gasteiger partial charge in [-0.3, -0.25) is 4.79 Å². The molecule has 1 aliphatic carbocycles. The molecule has 0 amide bonds. The minimum atomic E-state index is -0.664. The van der Waals surface area contributed by atoms with E-state index in [2.05, 4.69) is 0 Å². The molecule has 0 atom stereocenters. The summed E-state index contributed by atoms with van der Waals surface area (Å²) in [6, 6.07) is 3.30. The second-order valence-corrected chi connectivity index (χ2v) is 5.55. The van der Waals surface area contributed by atoms with Crippen molar-refractivity contribution in [1.82, 2.24) is 0 Å². The van der Waals surface area contributed by atoms with Crippen LogP contribution < -0.4 is 5.73 Å². The van der Waals surface area contributed by atoms with E-state index < -0.39 is 17.2 Å². The molecule has 0 unspecified atom stereocenters. The molecule has 2 nitrogen and oxygen atoms in total. The molecule has 104 valence electrons. The maximum atomic E-state index is 13.5. The lowest BCUT2D eigenvalue weighted by Crippen LogP contribution is -2.43. The van der Waals surface area contributed by atoms with Crippen LogP contribution in [-0.2, 0) is 11.2 Å². The number of benzene rings is 1. The van der Waals surface area contributed by atoms with Crippen molar-refractivity contribution in [3.63, 3.8) is 0 Å².